The van der Waals surface area contributed by atoms with Crippen LogP contribution in [-0.4, -0.2) is 24.4 Å². The summed E-state index contributed by atoms with van der Waals surface area (Å²) < 4.78 is 0. The molecule has 3 N–H and O–H groups in total. The van der Waals surface area contributed by atoms with Gasteiger partial charge in [0, 0.05) is 37.2 Å². The van der Waals surface area contributed by atoms with Gasteiger partial charge in [-0.15, -0.1) is 0 Å². The van der Waals surface area contributed by atoms with E-state index in [2.05, 4.69) is 9.88 Å². The molecule has 0 atom stereocenters. The number of amidine groups is 1. The fourth-order valence-electron chi connectivity index (χ4n) is 1.89. The number of anilines is 1. The van der Waals surface area contributed by atoms with E-state index in [1.165, 1.54) is 5.56 Å². The van der Waals surface area contributed by atoms with Crippen LogP contribution in [0.15, 0.2) is 48.8 Å². The maximum Gasteiger partial charge on any atom is 0.122 e. The van der Waals surface area contributed by atoms with Crippen LogP contribution in [0.2, 0.25) is 0 Å². The SMILES string of the molecule is CN(CCc1ccncc1)c1cccc(C(=N)N)c1. The minimum Gasteiger partial charge on any atom is -0.384 e. The van der Waals surface area contributed by atoms with Crippen molar-refractivity contribution in [2.45, 2.75) is 6.42 Å². The first-order valence-electron chi connectivity index (χ1n) is 6.21. The summed E-state index contributed by atoms with van der Waals surface area (Å²) >= 11 is 0. The van der Waals surface area contributed by atoms with E-state index in [0.717, 1.165) is 24.2 Å². The third kappa shape index (κ3) is 3.55. The molecule has 0 aliphatic carbocycles. The van der Waals surface area contributed by atoms with Crippen molar-refractivity contribution < 1.29 is 0 Å². The van der Waals surface area contributed by atoms with Crippen molar-refractivity contribution in [3.63, 3.8) is 0 Å². The Labute approximate surface area is 113 Å². The van der Waals surface area contributed by atoms with Crippen LogP contribution in [0.4, 0.5) is 5.69 Å². The fraction of sp³-hybridized carbons (Fsp3) is 0.200. The van der Waals surface area contributed by atoms with Crippen molar-refractivity contribution in [1.82, 2.24) is 4.98 Å². The second-order valence-corrected chi connectivity index (χ2v) is 4.49. The number of hydrogen-bond donors (Lipinski definition) is 2. The Kier molecular flexibility index (Phi) is 4.13. The molecule has 0 aliphatic heterocycles. The van der Waals surface area contributed by atoms with Crippen LogP contribution < -0.4 is 10.6 Å². The number of benzene rings is 1. The lowest BCUT2D eigenvalue weighted by molar-refractivity contribution is 0.875. The van der Waals surface area contributed by atoms with Crippen LogP contribution in [0.1, 0.15) is 11.1 Å². The van der Waals surface area contributed by atoms with Crippen LogP contribution in [0.5, 0.6) is 0 Å². The summed E-state index contributed by atoms with van der Waals surface area (Å²) in [4.78, 5) is 6.17. The van der Waals surface area contributed by atoms with Gasteiger partial charge in [-0.25, -0.2) is 0 Å². The predicted molar refractivity (Wildman–Crippen MR) is 78.7 cm³/mol. The van der Waals surface area contributed by atoms with E-state index >= 15 is 0 Å². The Hall–Kier alpha value is -2.36. The Morgan fingerprint density at radius 1 is 1.26 bits per heavy atom. The van der Waals surface area contributed by atoms with Gasteiger partial charge in [-0.05, 0) is 36.2 Å². The second kappa shape index (κ2) is 6.00. The van der Waals surface area contributed by atoms with Crippen LogP contribution in [0, 0.1) is 5.41 Å². The monoisotopic (exact) mass is 254 g/mol. The summed E-state index contributed by atoms with van der Waals surface area (Å²) in [6.45, 7) is 0.908. The van der Waals surface area contributed by atoms with Crippen molar-refractivity contribution in [1.29, 1.82) is 5.41 Å². The zero-order valence-electron chi connectivity index (χ0n) is 11.0. The molecule has 2 aromatic rings. The van der Waals surface area contributed by atoms with Gasteiger partial charge in [-0.3, -0.25) is 10.4 Å². The molecular weight excluding hydrogens is 236 g/mol. The number of nitrogen functional groups attached to an aromatic ring is 1. The minimum atomic E-state index is 0.101. The number of rotatable bonds is 5. The molecule has 0 saturated carbocycles. The van der Waals surface area contributed by atoms with Crippen LogP contribution in [0.3, 0.4) is 0 Å². The average Bonchev–Trinajstić information content (AvgIpc) is 2.46. The highest BCUT2D eigenvalue weighted by Gasteiger charge is 2.03. The molecule has 4 nitrogen and oxygen atoms in total. The Balaban J connectivity index is 2.02. The molecule has 19 heavy (non-hydrogen) atoms. The van der Waals surface area contributed by atoms with Crippen molar-refractivity contribution in [2.24, 2.45) is 5.73 Å². The van der Waals surface area contributed by atoms with Gasteiger partial charge < -0.3 is 10.6 Å². The van der Waals surface area contributed by atoms with Gasteiger partial charge in [0.25, 0.3) is 0 Å². The first-order chi connectivity index (χ1) is 9.16. The topological polar surface area (TPSA) is 66.0 Å². The van der Waals surface area contributed by atoms with E-state index in [9.17, 15) is 0 Å². The molecule has 0 radical (unpaired) electrons. The summed E-state index contributed by atoms with van der Waals surface area (Å²) in [6, 6.07) is 11.8. The predicted octanol–water partition coefficient (Wildman–Crippen LogP) is 2.04. The number of nitrogens with zero attached hydrogens (tertiary/aromatic N) is 2. The van der Waals surface area contributed by atoms with Crippen LogP contribution in [0.25, 0.3) is 0 Å². The summed E-state index contributed by atoms with van der Waals surface area (Å²) in [6.07, 6.45) is 4.58. The zero-order valence-corrected chi connectivity index (χ0v) is 11.0. The van der Waals surface area contributed by atoms with Gasteiger partial charge in [-0.2, -0.15) is 0 Å². The molecule has 1 aromatic carbocycles. The van der Waals surface area contributed by atoms with Crippen molar-refractivity contribution >= 4 is 11.5 Å². The van der Waals surface area contributed by atoms with E-state index in [1.54, 1.807) is 0 Å². The Morgan fingerprint density at radius 2 is 2.00 bits per heavy atom. The molecule has 0 fully saturated rings. The molecule has 2 rings (SSSR count). The minimum absolute atomic E-state index is 0.101. The number of pyridine rings is 1. The van der Waals surface area contributed by atoms with E-state index in [0.29, 0.717) is 0 Å². The van der Waals surface area contributed by atoms with Gasteiger partial charge in [-0.1, -0.05) is 12.1 Å². The third-order valence-electron chi connectivity index (χ3n) is 3.08. The van der Waals surface area contributed by atoms with Crippen molar-refractivity contribution in [3.8, 4) is 0 Å². The van der Waals surface area contributed by atoms with Gasteiger partial charge in [0.15, 0.2) is 0 Å². The molecular formula is C15H18N4. The average molecular weight is 254 g/mol. The van der Waals surface area contributed by atoms with Crippen molar-refractivity contribution in [3.05, 3.63) is 59.9 Å². The van der Waals surface area contributed by atoms with Crippen LogP contribution in [-0.2, 0) is 6.42 Å². The first-order valence-corrected chi connectivity index (χ1v) is 6.21. The number of likely N-dealkylation sites (N-methyl/N-ethyl adjacent to an activating group) is 1. The summed E-state index contributed by atoms with van der Waals surface area (Å²) in [5.41, 5.74) is 8.60. The largest absolute Gasteiger partial charge is 0.384 e. The van der Waals surface area contributed by atoms with Crippen LogP contribution >= 0.6 is 0 Å². The molecule has 98 valence electrons. The molecule has 1 heterocycles. The lowest BCUT2D eigenvalue weighted by Crippen LogP contribution is -2.21. The molecule has 0 bridgehead atoms. The van der Waals surface area contributed by atoms with Gasteiger partial charge in [0.05, 0.1) is 0 Å². The molecule has 0 spiro atoms. The quantitative estimate of drug-likeness (QED) is 0.634. The smallest absolute Gasteiger partial charge is 0.122 e. The number of hydrogen-bond acceptors (Lipinski definition) is 3. The lowest BCUT2D eigenvalue weighted by Gasteiger charge is -2.20. The third-order valence-corrected chi connectivity index (χ3v) is 3.08. The maximum atomic E-state index is 7.46. The standard InChI is InChI=1S/C15H18N4/c1-19(10-7-12-5-8-18-9-6-12)14-4-2-3-13(11-14)15(16)17/h2-6,8-9,11H,7,10H2,1H3,(H3,16,17). The molecule has 4 heteroatoms. The Bertz CT molecular complexity index is 551. The first kappa shape index (κ1) is 13.1. The van der Waals surface area contributed by atoms with E-state index in [1.807, 2.05) is 55.8 Å². The normalized spacial score (nSPS) is 10.2. The fourth-order valence-corrected chi connectivity index (χ4v) is 1.89. The van der Waals surface area contributed by atoms with Crippen molar-refractivity contribution in [2.75, 3.05) is 18.5 Å². The molecule has 0 aliphatic rings. The highest BCUT2D eigenvalue weighted by atomic mass is 15.1. The number of nitrogens with two attached hydrogens (primary N) is 1. The van der Waals surface area contributed by atoms with Gasteiger partial charge in [0.1, 0.15) is 5.84 Å². The Morgan fingerprint density at radius 3 is 2.68 bits per heavy atom. The van der Waals surface area contributed by atoms with Gasteiger partial charge in [0.2, 0.25) is 0 Å². The number of aromatic nitrogens is 1. The van der Waals surface area contributed by atoms with E-state index < -0.39 is 0 Å². The van der Waals surface area contributed by atoms with E-state index in [4.69, 9.17) is 11.1 Å². The molecule has 0 amide bonds. The molecule has 0 saturated heterocycles. The van der Waals surface area contributed by atoms with Gasteiger partial charge >= 0.3 is 0 Å². The lowest BCUT2D eigenvalue weighted by atomic mass is 10.1. The molecule has 0 unspecified atom stereocenters. The maximum absolute atomic E-state index is 7.46. The summed E-state index contributed by atoms with van der Waals surface area (Å²) in [7, 11) is 2.04. The highest BCUT2D eigenvalue weighted by Crippen LogP contribution is 2.15. The zero-order chi connectivity index (χ0) is 13.7. The second-order valence-electron chi connectivity index (χ2n) is 4.49. The summed E-state index contributed by atoms with van der Waals surface area (Å²) in [5.74, 6) is 0.101. The highest BCUT2D eigenvalue weighted by molar-refractivity contribution is 5.95. The van der Waals surface area contributed by atoms with E-state index in [-0.39, 0.29) is 5.84 Å². The number of nitrogens with one attached hydrogen (secondary N) is 1. The molecule has 1 aromatic heterocycles. The summed E-state index contributed by atoms with van der Waals surface area (Å²) in [5, 5.41) is 7.46.